The number of aryl methyl sites for hydroxylation is 1. The highest BCUT2D eigenvalue weighted by Crippen LogP contribution is 2.40. The van der Waals surface area contributed by atoms with Gasteiger partial charge < -0.3 is 24.4 Å². The molecule has 6 rings (SSSR count). The number of piperidine rings is 2. The van der Waals surface area contributed by atoms with E-state index in [4.69, 9.17) is 14.6 Å². The molecule has 2 amide bonds. The lowest BCUT2D eigenvalue weighted by Crippen LogP contribution is -2.54. The predicted octanol–water partition coefficient (Wildman–Crippen LogP) is 7.05. The van der Waals surface area contributed by atoms with Crippen LogP contribution in [0.2, 0.25) is 0 Å². The molecule has 10 nitrogen and oxygen atoms in total. The van der Waals surface area contributed by atoms with Crippen LogP contribution in [0.15, 0.2) is 54.6 Å². The molecule has 49 heavy (non-hydrogen) atoms. The molecule has 4 aromatic rings. The number of halogens is 1. The second kappa shape index (κ2) is 13.3. The third-order valence-corrected chi connectivity index (χ3v) is 9.71. The Bertz CT molecular complexity index is 1840. The van der Waals surface area contributed by atoms with Gasteiger partial charge in [0.05, 0.1) is 11.1 Å². The van der Waals surface area contributed by atoms with Crippen LogP contribution in [0.25, 0.3) is 22.2 Å². The highest BCUT2D eigenvalue weighted by atomic mass is 19.1. The quantitative estimate of drug-likeness (QED) is 0.234. The molecule has 11 heteroatoms. The molecule has 0 radical (unpaired) electrons. The van der Waals surface area contributed by atoms with Crippen molar-refractivity contribution in [3.05, 3.63) is 71.5 Å². The Labute approximate surface area is 286 Å². The average Bonchev–Trinajstić information content (AvgIpc) is 3.36. The maximum atomic E-state index is 15.9. The Morgan fingerprint density at radius 2 is 1.69 bits per heavy atom. The lowest BCUT2D eigenvalue weighted by Gasteiger charge is -2.45. The van der Waals surface area contributed by atoms with Gasteiger partial charge in [0.15, 0.2) is 0 Å². The van der Waals surface area contributed by atoms with E-state index in [1.165, 1.54) is 12.1 Å². The summed E-state index contributed by atoms with van der Waals surface area (Å²) in [4.78, 5) is 34.3. The first kappa shape index (κ1) is 34.2. The van der Waals surface area contributed by atoms with Gasteiger partial charge >= 0.3 is 6.09 Å². The summed E-state index contributed by atoms with van der Waals surface area (Å²) in [5.74, 6) is -0.439. The van der Waals surface area contributed by atoms with Crippen molar-refractivity contribution in [2.45, 2.75) is 72.0 Å². The Kier molecular flexibility index (Phi) is 9.30. The van der Waals surface area contributed by atoms with Gasteiger partial charge in [-0.2, -0.15) is 10.1 Å². The van der Waals surface area contributed by atoms with Gasteiger partial charge in [-0.1, -0.05) is 44.2 Å². The smallest absolute Gasteiger partial charge is 0.410 e. The number of hydrogen-bond donors (Lipinski definition) is 1. The summed E-state index contributed by atoms with van der Waals surface area (Å²) in [5.41, 5.74) is 2.41. The molecular formula is C38H46FN5O5. The molecule has 0 aliphatic carbocycles. The number of aromatic nitrogens is 3. The summed E-state index contributed by atoms with van der Waals surface area (Å²) in [6.45, 7) is 11.9. The third kappa shape index (κ3) is 7.35. The number of hydrogen-bond acceptors (Lipinski definition) is 7. The molecule has 0 saturated carbocycles. The third-order valence-electron chi connectivity index (χ3n) is 9.71. The lowest BCUT2D eigenvalue weighted by atomic mass is 9.73. The molecule has 2 saturated heterocycles. The van der Waals surface area contributed by atoms with Crippen LogP contribution in [-0.2, 0) is 23.2 Å². The summed E-state index contributed by atoms with van der Waals surface area (Å²) in [5, 5.41) is 15.5. The average molecular weight is 672 g/mol. The number of rotatable bonds is 6. The summed E-state index contributed by atoms with van der Waals surface area (Å²) in [7, 11) is 1.82. The normalized spacial score (nSPS) is 18.5. The van der Waals surface area contributed by atoms with E-state index in [1.54, 1.807) is 15.6 Å². The molecule has 4 heterocycles. The van der Waals surface area contributed by atoms with Crippen LogP contribution in [-0.4, -0.2) is 73.5 Å². The first-order valence-corrected chi connectivity index (χ1v) is 17.0. The van der Waals surface area contributed by atoms with E-state index >= 15 is 4.39 Å². The second-order valence-corrected chi connectivity index (χ2v) is 15.0. The summed E-state index contributed by atoms with van der Waals surface area (Å²) in [6, 6.07) is 16.2. The number of aromatic hydroxyl groups is 1. The van der Waals surface area contributed by atoms with Gasteiger partial charge in [0, 0.05) is 50.6 Å². The summed E-state index contributed by atoms with van der Waals surface area (Å²) >= 11 is 0. The van der Waals surface area contributed by atoms with Crippen LogP contribution in [0.1, 0.15) is 70.9 Å². The van der Waals surface area contributed by atoms with Gasteiger partial charge in [-0.05, 0) is 80.7 Å². The molecule has 2 aromatic heterocycles. The minimum atomic E-state index is -0.577. The van der Waals surface area contributed by atoms with Crippen molar-refractivity contribution in [2.24, 2.45) is 18.4 Å². The first-order chi connectivity index (χ1) is 23.2. The Balaban J connectivity index is 1.15. The van der Waals surface area contributed by atoms with Gasteiger partial charge in [0.1, 0.15) is 23.7 Å². The second-order valence-electron chi connectivity index (χ2n) is 15.0. The number of fused-ring (bicyclic) bond motifs is 1. The van der Waals surface area contributed by atoms with E-state index in [0.717, 1.165) is 11.1 Å². The van der Waals surface area contributed by atoms with Gasteiger partial charge in [0.2, 0.25) is 17.7 Å². The number of likely N-dealkylation sites (tertiary alicyclic amines) is 2. The van der Waals surface area contributed by atoms with E-state index in [1.807, 2.05) is 83.0 Å². The van der Waals surface area contributed by atoms with Crippen molar-refractivity contribution in [3.8, 4) is 23.0 Å². The molecule has 2 aliphatic heterocycles. The fourth-order valence-corrected chi connectivity index (χ4v) is 7.18. The van der Waals surface area contributed by atoms with Crippen molar-refractivity contribution in [3.63, 3.8) is 0 Å². The van der Waals surface area contributed by atoms with E-state index in [0.29, 0.717) is 67.6 Å². The molecular weight excluding hydrogens is 625 g/mol. The zero-order chi connectivity index (χ0) is 35.1. The van der Waals surface area contributed by atoms with E-state index in [9.17, 15) is 14.7 Å². The topological polar surface area (TPSA) is 110 Å². The molecule has 2 aliphatic rings. The number of ether oxygens (including phenoxy) is 2. The molecule has 2 aromatic carbocycles. The predicted molar refractivity (Wildman–Crippen MR) is 185 cm³/mol. The van der Waals surface area contributed by atoms with Crippen molar-refractivity contribution in [1.82, 2.24) is 24.6 Å². The molecule has 0 bridgehead atoms. The maximum absolute atomic E-state index is 15.9. The SMILES string of the molecule is Cn1nc(-c2ccc(O)nc2OCc2ccccc2)c2cc(F)c(C3CCN(C(=O)C4CCN(C(=O)OC(C)(C)C)CC4(C)C)CC3)cc21. The van der Waals surface area contributed by atoms with Crippen LogP contribution in [0.3, 0.4) is 0 Å². The number of benzene rings is 2. The van der Waals surface area contributed by atoms with Crippen LogP contribution in [0, 0.1) is 17.2 Å². The van der Waals surface area contributed by atoms with Crippen LogP contribution < -0.4 is 4.74 Å². The summed E-state index contributed by atoms with van der Waals surface area (Å²) < 4.78 is 29.3. The number of amides is 2. The molecule has 260 valence electrons. The monoisotopic (exact) mass is 671 g/mol. The number of nitrogens with zero attached hydrogens (tertiary/aromatic N) is 5. The lowest BCUT2D eigenvalue weighted by molar-refractivity contribution is -0.143. The van der Waals surface area contributed by atoms with Gasteiger partial charge in [-0.3, -0.25) is 9.48 Å². The van der Waals surface area contributed by atoms with Gasteiger partial charge in [-0.15, -0.1) is 0 Å². The highest BCUT2D eigenvalue weighted by Gasteiger charge is 2.44. The van der Waals surface area contributed by atoms with Crippen molar-refractivity contribution in [2.75, 3.05) is 26.2 Å². The molecule has 1 N–H and O–H groups in total. The van der Waals surface area contributed by atoms with E-state index in [2.05, 4.69) is 4.98 Å². The van der Waals surface area contributed by atoms with Gasteiger partial charge in [-0.25, -0.2) is 9.18 Å². The largest absolute Gasteiger partial charge is 0.493 e. The van der Waals surface area contributed by atoms with Gasteiger partial charge in [0.25, 0.3) is 0 Å². The molecule has 2 fully saturated rings. The fourth-order valence-electron chi connectivity index (χ4n) is 7.18. The van der Waals surface area contributed by atoms with E-state index < -0.39 is 11.0 Å². The van der Waals surface area contributed by atoms with Crippen LogP contribution in [0.5, 0.6) is 11.8 Å². The molecule has 0 spiro atoms. The van der Waals surface area contributed by atoms with Crippen molar-refractivity contribution in [1.29, 1.82) is 0 Å². The van der Waals surface area contributed by atoms with Crippen LogP contribution >= 0.6 is 0 Å². The molecule has 1 atom stereocenters. The zero-order valence-electron chi connectivity index (χ0n) is 29.2. The molecule has 1 unspecified atom stereocenters. The first-order valence-electron chi connectivity index (χ1n) is 17.0. The fraction of sp³-hybridized carbons (Fsp3) is 0.474. The minimum Gasteiger partial charge on any atom is -0.493 e. The summed E-state index contributed by atoms with van der Waals surface area (Å²) in [6.07, 6.45) is 1.53. The Hall–Kier alpha value is -4.67. The van der Waals surface area contributed by atoms with Crippen molar-refractivity contribution >= 4 is 22.9 Å². The standard InChI is InChI=1S/C38H46FN5O5/c1-37(2,3)49-36(47)44-19-16-29(38(4,5)23-44)35(46)43-17-14-25(15-18-43)27-21-31-28(20-30(27)39)33(41-42(31)6)26-12-13-32(45)40-34(26)48-22-24-10-8-7-9-11-24/h7-13,20-21,25,29H,14-19,22-23H2,1-6H3,(H,40,45). The van der Waals surface area contributed by atoms with Crippen LogP contribution in [0.4, 0.5) is 9.18 Å². The minimum absolute atomic E-state index is 0.0473. The Morgan fingerprint density at radius 3 is 2.37 bits per heavy atom. The number of carbonyl (C=O) groups excluding carboxylic acids is 2. The number of carbonyl (C=O) groups is 2. The van der Waals surface area contributed by atoms with E-state index in [-0.39, 0.29) is 48.0 Å². The Morgan fingerprint density at radius 1 is 1.00 bits per heavy atom. The van der Waals surface area contributed by atoms with Crippen molar-refractivity contribution < 1.29 is 28.6 Å². The maximum Gasteiger partial charge on any atom is 0.410 e. The number of pyridine rings is 1. The highest BCUT2D eigenvalue weighted by molar-refractivity contribution is 5.95. The zero-order valence-corrected chi connectivity index (χ0v) is 29.2.